The molecule has 3 rings (SSSR count). The highest BCUT2D eigenvalue weighted by atomic mass is 35.5. The molecule has 31 heavy (non-hydrogen) atoms. The monoisotopic (exact) mass is 440 g/mol. The van der Waals surface area contributed by atoms with Crippen LogP contribution in [0, 0.1) is 11.3 Å². The Kier molecular flexibility index (Phi) is 8.34. The van der Waals surface area contributed by atoms with Gasteiger partial charge in [0.25, 0.3) is 5.91 Å². The van der Waals surface area contributed by atoms with E-state index in [1.165, 1.54) is 6.08 Å². The van der Waals surface area contributed by atoms with E-state index in [1.54, 1.807) is 18.2 Å². The number of benzene rings is 2. The molecular weight excluding hydrogens is 416 g/mol. The minimum atomic E-state index is -0.421. The molecule has 0 aliphatic carbocycles. The lowest BCUT2D eigenvalue weighted by atomic mass is 10.1. The summed E-state index contributed by atoms with van der Waals surface area (Å²) in [6.07, 6.45) is 3.46. The number of ether oxygens (including phenoxy) is 3. The second kappa shape index (κ2) is 11.4. The van der Waals surface area contributed by atoms with Gasteiger partial charge in [-0.3, -0.25) is 4.79 Å². The van der Waals surface area contributed by atoms with Gasteiger partial charge in [-0.05, 0) is 49.6 Å². The Balaban J connectivity index is 1.71. The van der Waals surface area contributed by atoms with E-state index in [-0.39, 0.29) is 11.7 Å². The number of carbonyl (C=O) groups excluding carboxylic acids is 1. The van der Waals surface area contributed by atoms with Crippen LogP contribution in [-0.2, 0) is 16.1 Å². The zero-order valence-electron chi connectivity index (χ0n) is 17.4. The second-order valence-corrected chi connectivity index (χ2v) is 7.44. The summed E-state index contributed by atoms with van der Waals surface area (Å²) in [6.45, 7) is 3.73. The molecule has 1 fully saturated rings. The molecule has 1 aliphatic heterocycles. The fraction of sp³-hybridized carbons (Fsp3) is 0.333. The number of nitrogens with zero attached hydrogens (tertiary/aromatic N) is 1. The predicted octanol–water partition coefficient (Wildman–Crippen LogP) is 4.52. The Morgan fingerprint density at radius 2 is 2.13 bits per heavy atom. The molecule has 1 N–H and O–H groups in total. The van der Waals surface area contributed by atoms with Crippen LogP contribution in [0.5, 0.6) is 11.5 Å². The first-order valence-electron chi connectivity index (χ1n) is 10.3. The highest BCUT2D eigenvalue weighted by Crippen LogP contribution is 2.31. The van der Waals surface area contributed by atoms with Crippen molar-refractivity contribution < 1.29 is 19.0 Å². The summed E-state index contributed by atoms with van der Waals surface area (Å²) in [5.41, 5.74) is 1.55. The van der Waals surface area contributed by atoms with Gasteiger partial charge in [0.15, 0.2) is 11.5 Å². The number of amides is 1. The summed E-state index contributed by atoms with van der Waals surface area (Å²) in [4.78, 5) is 12.4. The van der Waals surface area contributed by atoms with Gasteiger partial charge in [-0.2, -0.15) is 5.26 Å². The average Bonchev–Trinajstić information content (AvgIpc) is 3.30. The van der Waals surface area contributed by atoms with Gasteiger partial charge >= 0.3 is 0 Å². The van der Waals surface area contributed by atoms with E-state index in [2.05, 4.69) is 5.32 Å². The molecule has 1 aliphatic rings. The van der Waals surface area contributed by atoms with Gasteiger partial charge in [-0.15, -0.1) is 0 Å². The third-order valence-electron chi connectivity index (χ3n) is 4.80. The number of hydrogen-bond donors (Lipinski definition) is 1. The maximum Gasteiger partial charge on any atom is 0.262 e. The van der Waals surface area contributed by atoms with E-state index >= 15 is 0 Å². The quantitative estimate of drug-likeness (QED) is 0.458. The van der Waals surface area contributed by atoms with Crippen molar-refractivity contribution in [3.8, 4) is 17.6 Å². The molecule has 0 radical (unpaired) electrons. The topological polar surface area (TPSA) is 80.6 Å². The Hall–Kier alpha value is -3.01. The first-order valence-corrected chi connectivity index (χ1v) is 10.6. The average molecular weight is 441 g/mol. The molecule has 1 saturated heterocycles. The van der Waals surface area contributed by atoms with Crippen LogP contribution >= 0.6 is 11.6 Å². The number of rotatable bonds is 9. The molecule has 0 aromatic heterocycles. The van der Waals surface area contributed by atoms with E-state index in [1.807, 2.05) is 37.3 Å². The number of nitriles is 1. The van der Waals surface area contributed by atoms with E-state index in [4.69, 9.17) is 25.8 Å². The Bertz CT molecular complexity index is 978. The van der Waals surface area contributed by atoms with Gasteiger partial charge in [0.05, 0.1) is 12.7 Å². The highest BCUT2D eigenvalue weighted by Gasteiger charge is 2.18. The van der Waals surface area contributed by atoms with Crippen molar-refractivity contribution in [3.05, 3.63) is 64.2 Å². The fourth-order valence-electron chi connectivity index (χ4n) is 3.20. The molecular formula is C24H25ClN2O4. The molecule has 162 valence electrons. The van der Waals surface area contributed by atoms with Gasteiger partial charge in [-0.1, -0.05) is 35.9 Å². The predicted molar refractivity (Wildman–Crippen MR) is 119 cm³/mol. The van der Waals surface area contributed by atoms with E-state index in [0.29, 0.717) is 48.5 Å². The lowest BCUT2D eigenvalue weighted by Crippen LogP contribution is -2.32. The highest BCUT2D eigenvalue weighted by molar-refractivity contribution is 6.31. The minimum Gasteiger partial charge on any atom is -0.490 e. The van der Waals surface area contributed by atoms with Crippen molar-refractivity contribution in [2.45, 2.75) is 32.5 Å². The SMILES string of the molecule is CCOc1cc(/C=C(\C#N)C(=O)NC[C@H]2CCCO2)ccc1OCc1ccccc1Cl. The number of carbonyl (C=O) groups is 1. The second-order valence-electron chi connectivity index (χ2n) is 7.03. The molecule has 0 bridgehead atoms. The third kappa shape index (κ3) is 6.48. The molecule has 7 heteroatoms. The molecule has 0 spiro atoms. The van der Waals surface area contributed by atoms with Crippen molar-refractivity contribution in [2.24, 2.45) is 0 Å². The van der Waals surface area contributed by atoms with Gasteiger partial charge in [0, 0.05) is 23.7 Å². The molecule has 2 aromatic rings. The zero-order valence-corrected chi connectivity index (χ0v) is 18.2. The molecule has 0 unspecified atom stereocenters. The number of nitrogens with one attached hydrogen (secondary N) is 1. The van der Waals surface area contributed by atoms with E-state index in [9.17, 15) is 10.1 Å². The normalized spacial score (nSPS) is 15.9. The fourth-order valence-corrected chi connectivity index (χ4v) is 3.39. The summed E-state index contributed by atoms with van der Waals surface area (Å²) < 4.78 is 17.1. The number of halogens is 1. The van der Waals surface area contributed by atoms with Gasteiger partial charge in [-0.25, -0.2) is 0 Å². The Morgan fingerprint density at radius 3 is 2.84 bits per heavy atom. The van der Waals surface area contributed by atoms with Crippen LogP contribution in [0.15, 0.2) is 48.0 Å². The van der Waals surface area contributed by atoms with Crippen LogP contribution in [-0.4, -0.2) is 31.8 Å². The van der Waals surface area contributed by atoms with Crippen molar-refractivity contribution in [1.29, 1.82) is 5.26 Å². The summed E-state index contributed by atoms with van der Waals surface area (Å²) in [6, 6.07) is 14.7. The Morgan fingerprint density at radius 1 is 1.29 bits per heavy atom. The molecule has 1 heterocycles. The van der Waals surface area contributed by atoms with Gasteiger partial charge in [0.1, 0.15) is 18.2 Å². The number of hydrogen-bond acceptors (Lipinski definition) is 5. The molecule has 1 amide bonds. The van der Waals surface area contributed by atoms with Crippen molar-refractivity contribution in [1.82, 2.24) is 5.32 Å². The van der Waals surface area contributed by atoms with E-state index < -0.39 is 5.91 Å². The standard InChI is InChI=1S/C24H25ClN2O4/c1-2-29-23-13-17(9-10-22(23)31-16-18-6-3-4-8-21(18)25)12-19(14-26)24(28)27-15-20-7-5-11-30-20/h3-4,6,8-10,12-13,20H,2,5,7,11,15-16H2,1H3,(H,27,28)/b19-12+/t20-/m1/s1. The molecule has 2 aromatic carbocycles. The lowest BCUT2D eigenvalue weighted by molar-refractivity contribution is -0.117. The first-order chi connectivity index (χ1) is 15.1. The zero-order chi connectivity index (χ0) is 22.1. The summed E-state index contributed by atoms with van der Waals surface area (Å²) in [7, 11) is 0. The maximum absolute atomic E-state index is 12.4. The van der Waals surface area contributed by atoms with Crippen molar-refractivity contribution in [2.75, 3.05) is 19.8 Å². The van der Waals surface area contributed by atoms with Crippen LogP contribution in [0.25, 0.3) is 6.08 Å². The van der Waals surface area contributed by atoms with Crippen molar-refractivity contribution >= 4 is 23.6 Å². The van der Waals surface area contributed by atoms with Crippen LogP contribution in [0.4, 0.5) is 0 Å². The third-order valence-corrected chi connectivity index (χ3v) is 5.17. The molecule has 1 atom stereocenters. The van der Waals surface area contributed by atoms with Crippen LogP contribution in [0.2, 0.25) is 5.02 Å². The van der Waals surface area contributed by atoms with Crippen LogP contribution in [0.3, 0.4) is 0 Å². The molecule has 0 saturated carbocycles. The first kappa shape index (κ1) is 22.7. The van der Waals surface area contributed by atoms with E-state index in [0.717, 1.165) is 18.4 Å². The maximum atomic E-state index is 12.4. The van der Waals surface area contributed by atoms with Gasteiger partial charge < -0.3 is 19.5 Å². The summed E-state index contributed by atoms with van der Waals surface area (Å²) in [5, 5.41) is 12.8. The summed E-state index contributed by atoms with van der Waals surface area (Å²) >= 11 is 6.19. The molecule has 6 nitrogen and oxygen atoms in total. The van der Waals surface area contributed by atoms with Crippen LogP contribution < -0.4 is 14.8 Å². The minimum absolute atomic E-state index is 0.0167. The van der Waals surface area contributed by atoms with Crippen LogP contribution in [0.1, 0.15) is 30.9 Å². The largest absolute Gasteiger partial charge is 0.490 e. The smallest absolute Gasteiger partial charge is 0.262 e. The summed E-state index contributed by atoms with van der Waals surface area (Å²) in [5.74, 6) is 0.663. The van der Waals surface area contributed by atoms with Crippen molar-refractivity contribution in [3.63, 3.8) is 0 Å². The lowest BCUT2D eigenvalue weighted by Gasteiger charge is -2.13. The Labute approximate surface area is 187 Å². The van der Waals surface area contributed by atoms with Gasteiger partial charge in [0.2, 0.25) is 0 Å².